The van der Waals surface area contributed by atoms with Crippen LogP contribution in [0.1, 0.15) is 44.4 Å². The van der Waals surface area contributed by atoms with Crippen molar-refractivity contribution in [2.45, 2.75) is 43.5 Å². The van der Waals surface area contributed by atoms with Gasteiger partial charge in [-0.2, -0.15) is 5.10 Å². The van der Waals surface area contributed by atoms with E-state index < -0.39 is 37.8 Å². The molecule has 0 saturated heterocycles. The van der Waals surface area contributed by atoms with Gasteiger partial charge >= 0.3 is 0 Å². The highest BCUT2D eigenvalue weighted by atomic mass is 32.2. The number of H-pyrrole nitrogens is 2. The first-order valence-corrected chi connectivity index (χ1v) is 11.9. The highest BCUT2D eigenvalue weighted by Gasteiger charge is 2.61. The Bertz CT molecular complexity index is 1220. The number of nitrogens with one attached hydrogen (secondary N) is 3. The molecular weight excluding hydrogens is 435 g/mol. The summed E-state index contributed by atoms with van der Waals surface area (Å²) in [5, 5.41) is 9.12. The van der Waals surface area contributed by atoms with E-state index >= 15 is 0 Å². The van der Waals surface area contributed by atoms with Crippen LogP contribution in [0, 0.1) is 5.82 Å². The standard InChI is InChI=1S/C22H25FN4O4S/c1-4-32(29,30)22(18-6-5-10-24-18,20(28)26-19-9-11-25-27-19)16-13-21(2,3)31-17-8-7-14(23)12-15(16)17/h5-12,16,24H,4,13H2,1-3H3,(H2,25,26,27,28). The lowest BCUT2D eigenvalue weighted by Crippen LogP contribution is -2.55. The number of nitrogens with zero attached hydrogens (tertiary/aromatic N) is 1. The lowest BCUT2D eigenvalue weighted by Gasteiger charge is -2.45. The Labute approximate surface area is 185 Å². The van der Waals surface area contributed by atoms with Gasteiger partial charge in [-0.3, -0.25) is 9.89 Å². The van der Waals surface area contributed by atoms with Crippen LogP contribution in [0.25, 0.3) is 0 Å². The summed E-state index contributed by atoms with van der Waals surface area (Å²) in [6, 6.07) is 8.71. The minimum absolute atomic E-state index is 0.165. The van der Waals surface area contributed by atoms with Crippen molar-refractivity contribution >= 4 is 21.6 Å². The van der Waals surface area contributed by atoms with Gasteiger partial charge in [-0.25, -0.2) is 12.8 Å². The smallest absolute Gasteiger partial charge is 0.253 e. The second-order valence-electron chi connectivity index (χ2n) is 8.45. The molecule has 32 heavy (non-hydrogen) atoms. The molecule has 2 atom stereocenters. The van der Waals surface area contributed by atoms with E-state index in [0.717, 1.165) is 0 Å². The highest BCUT2D eigenvalue weighted by Crippen LogP contribution is 2.53. The van der Waals surface area contributed by atoms with Crippen LogP contribution in [-0.4, -0.2) is 40.9 Å². The predicted molar refractivity (Wildman–Crippen MR) is 118 cm³/mol. The Morgan fingerprint density at radius 1 is 1.34 bits per heavy atom. The largest absolute Gasteiger partial charge is 0.488 e. The zero-order valence-electron chi connectivity index (χ0n) is 18.0. The number of carbonyl (C=O) groups excluding carboxylic acids is 1. The van der Waals surface area contributed by atoms with Crippen molar-refractivity contribution in [1.29, 1.82) is 0 Å². The zero-order valence-corrected chi connectivity index (χ0v) is 18.8. The van der Waals surface area contributed by atoms with Crippen molar-refractivity contribution in [3.63, 3.8) is 0 Å². The molecule has 0 bridgehead atoms. The van der Waals surface area contributed by atoms with Gasteiger partial charge in [0.05, 0.1) is 6.20 Å². The van der Waals surface area contributed by atoms with Crippen LogP contribution in [0.4, 0.5) is 10.2 Å². The van der Waals surface area contributed by atoms with E-state index in [9.17, 15) is 17.6 Å². The fourth-order valence-electron chi connectivity index (χ4n) is 4.51. The van der Waals surface area contributed by atoms with Gasteiger partial charge in [-0.15, -0.1) is 0 Å². The van der Waals surface area contributed by atoms with Crippen molar-refractivity contribution in [2.75, 3.05) is 11.1 Å². The number of aromatic amines is 2. The Morgan fingerprint density at radius 3 is 2.75 bits per heavy atom. The maximum absolute atomic E-state index is 14.3. The first-order valence-electron chi connectivity index (χ1n) is 10.3. The molecular formula is C22H25FN4O4S. The number of sulfone groups is 1. The average molecular weight is 461 g/mol. The third kappa shape index (κ3) is 3.48. The summed E-state index contributed by atoms with van der Waals surface area (Å²) in [6.45, 7) is 5.13. The second kappa shape index (κ2) is 7.77. The molecule has 1 amide bonds. The van der Waals surface area contributed by atoms with E-state index in [4.69, 9.17) is 4.74 Å². The first-order chi connectivity index (χ1) is 15.1. The number of anilines is 1. The third-order valence-electron chi connectivity index (χ3n) is 5.87. The second-order valence-corrected chi connectivity index (χ2v) is 10.9. The molecule has 3 aromatic rings. The summed E-state index contributed by atoms with van der Waals surface area (Å²) in [7, 11) is -4.11. The molecule has 170 valence electrons. The highest BCUT2D eigenvalue weighted by molar-refractivity contribution is 7.93. The van der Waals surface area contributed by atoms with E-state index in [0.29, 0.717) is 11.3 Å². The maximum Gasteiger partial charge on any atom is 0.253 e. The van der Waals surface area contributed by atoms with Crippen LogP contribution in [0.5, 0.6) is 5.75 Å². The van der Waals surface area contributed by atoms with Crippen LogP contribution in [0.15, 0.2) is 48.8 Å². The molecule has 4 rings (SSSR count). The monoisotopic (exact) mass is 460 g/mol. The molecule has 1 aliphatic heterocycles. The molecule has 8 nitrogen and oxygen atoms in total. The summed E-state index contributed by atoms with van der Waals surface area (Å²) in [5.74, 6) is -1.93. The molecule has 0 saturated carbocycles. The maximum atomic E-state index is 14.3. The molecule has 2 aromatic heterocycles. The number of hydrogen-bond donors (Lipinski definition) is 3. The minimum atomic E-state index is -4.11. The normalized spacial score (nSPS) is 19.4. The van der Waals surface area contributed by atoms with Crippen molar-refractivity contribution in [3.8, 4) is 5.75 Å². The molecule has 0 spiro atoms. The molecule has 1 aliphatic rings. The fourth-order valence-corrected chi connectivity index (χ4v) is 6.41. The number of ether oxygens (including phenoxy) is 1. The first kappa shape index (κ1) is 22.1. The Balaban J connectivity index is 2.04. The van der Waals surface area contributed by atoms with Crippen molar-refractivity contribution in [2.24, 2.45) is 0 Å². The molecule has 1 aromatic carbocycles. The molecule has 0 radical (unpaired) electrons. The van der Waals surface area contributed by atoms with Crippen molar-refractivity contribution in [3.05, 3.63) is 65.9 Å². The minimum Gasteiger partial charge on any atom is -0.488 e. The summed E-state index contributed by atoms with van der Waals surface area (Å²) in [4.78, 5) is 16.9. The van der Waals surface area contributed by atoms with E-state index in [1.54, 1.807) is 18.3 Å². The Morgan fingerprint density at radius 2 is 2.12 bits per heavy atom. The SMILES string of the molecule is CCS(=O)(=O)C(C(=O)Nc1ccn[nH]1)(c1ccc[nH]1)C1CC(C)(C)Oc2ccc(F)cc21. The number of carbonyl (C=O) groups is 1. The number of halogens is 1. The predicted octanol–water partition coefficient (Wildman–Crippen LogP) is 3.49. The lowest BCUT2D eigenvalue weighted by atomic mass is 9.74. The van der Waals surface area contributed by atoms with Gasteiger partial charge in [0.2, 0.25) is 0 Å². The van der Waals surface area contributed by atoms with Gasteiger partial charge in [0.15, 0.2) is 14.6 Å². The van der Waals surface area contributed by atoms with Gasteiger partial charge in [0.25, 0.3) is 5.91 Å². The van der Waals surface area contributed by atoms with Gasteiger partial charge < -0.3 is 15.0 Å². The number of aromatic nitrogens is 3. The molecule has 2 unspecified atom stereocenters. The van der Waals surface area contributed by atoms with Crippen molar-refractivity contribution in [1.82, 2.24) is 15.2 Å². The Kier molecular flexibility index (Phi) is 5.36. The van der Waals surface area contributed by atoms with Crippen LogP contribution in [-0.2, 0) is 19.4 Å². The molecule has 0 fully saturated rings. The zero-order chi connectivity index (χ0) is 23.1. The van der Waals surface area contributed by atoms with Crippen LogP contribution >= 0.6 is 0 Å². The van der Waals surface area contributed by atoms with E-state index in [-0.39, 0.29) is 23.7 Å². The fraction of sp³-hybridized carbons (Fsp3) is 0.364. The van der Waals surface area contributed by atoms with E-state index in [2.05, 4.69) is 20.5 Å². The quantitative estimate of drug-likeness (QED) is 0.521. The van der Waals surface area contributed by atoms with Gasteiger partial charge in [-0.1, -0.05) is 6.92 Å². The van der Waals surface area contributed by atoms with Gasteiger partial charge in [0, 0.05) is 35.2 Å². The summed E-state index contributed by atoms with van der Waals surface area (Å²) < 4.78 is 46.0. The number of amides is 1. The molecule has 3 heterocycles. The van der Waals surface area contributed by atoms with E-state index in [1.807, 2.05) is 13.8 Å². The summed E-state index contributed by atoms with van der Waals surface area (Å²) in [6.07, 6.45) is 3.18. The van der Waals surface area contributed by atoms with Crippen molar-refractivity contribution < 1.29 is 22.3 Å². The number of fused-ring (bicyclic) bond motifs is 1. The number of benzene rings is 1. The topological polar surface area (TPSA) is 117 Å². The van der Waals surface area contributed by atoms with E-state index in [1.165, 1.54) is 37.4 Å². The molecule has 3 N–H and O–H groups in total. The lowest BCUT2D eigenvalue weighted by molar-refractivity contribution is -0.120. The van der Waals surface area contributed by atoms with Crippen LogP contribution in [0.2, 0.25) is 0 Å². The molecule has 0 aliphatic carbocycles. The molecule has 10 heteroatoms. The van der Waals surface area contributed by atoms with Crippen LogP contribution in [0.3, 0.4) is 0 Å². The third-order valence-corrected chi connectivity index (χ3v) is 8.31. The number of hydrogen-bond acceptors (Lipinski definition) is 5. The summed E-state index contributed by atoms with van der Waals surface area (Å²) in [5.41, 5.74) is -0.268. The number of rotatable bonds is 6. The summed E-state index contributed by atoms with van der Waals surface area (Å²) >= 11 is 0. The van der Waals surface area contributed by atoms with Gasteiger partial charge in [-0.05, 0) is 50.6 Å². The average Bonchev–Trinajstić information content (AvgIpc) is 3.43. The van der Waals surface area contributed by atoms with Gasteiger partial charge in [0.1, 0.15) is 23.0 Å². The van der Waals surface area contributed by atoms with Crippen LogP contribution < -0.4 is 10.1 Å². The Hall–Kier alpha value is -3.14.